The highest BCUT2D eigenvalue weighted by Crippen LogP contribution is 2.27. The van der Waals surface area contributed by atoms with Crippen molar-refractivity contribution in [1.82, 2.24) is 15.1 Å². The van der Waals surface area contributed by atoms with Crippen LogP contribution in [0.1, 0.15) is 48.1 Å². The monoisotopic (exact) mass is 313 g/mol. The van der Waals surface area contributed by atoms with Gasteiger partial charge in [-0.1, -0.05) is 29.8 Å². The SMILES string of the molecule is Cc1ccc(CCC(=O)N2CCC(c3nnc(C)o3)CC2)cc1. The molecule has 0 bridgehead atoms. The van der Waals surface area contributed by atoms with Crippen LogP contribution in [-0.2, 0) is 11.2 Å². The molecule has 0 atom stereocenters. The zero-order valence-corrected chi connectivity index (χ0v) is 13.8. The van der Waals surface area contributed by atoms with E-state index in [0.717, 1.165) is 32.4 Å². The molecule has 0 spiro atoms. The fourth-order valence-electron chi connectivity index (χ4n) is 3.02. The number of amides is 1. The lowest BCUT2D eigenvalue weighted by Gasteiger charge is -2.30. The number of likely N-dealkylation sites (tertiary alicyclic amines) is 1. The number of aromatic nitrogens is 2. The van der Waals surface area contributed by atoms with Crippen LogP contribution in [0.15, 0.2) is 28.7 Å². The van der Waals surface area contributed by atoms with Crippen LogP contribution in [0.3, 0.4) is 0 Å². The third-order valence-corrected chi connectivity index (χ3v) is 4.49. The van der Waals surface area contributed by atoms with Crippen molar-refractivity contribution in [1.29, 1.82) is 0 Å². The second-order valence-corrected chi connectivity index (χ2v) is 6.30. The lowest BCUT2D eigenvalue weighted by atomic mass is 9.96. The summed E-state index contributed by atoms with van der Waals surface area (Å²) in [6, 6.07) is 8.40. The average Bonchev–Trinajstić information content (AvgIpc) is 3.01. The molecule has 1 amide bonds. The molecule has 122 valence electrons. The van der Waals surface area contributed by atoms with Crippen molar-refractivity contribution in [2.75, 3.05) is 13.1 Å². The molecule has 1 aliphatic heterocycles. The van der Waals surface area contributed by atoms with E-state index >= 15 is 0 Å². The first kappa shape index (κ1) is 15.7. The molecule has 1 aliphatic rings. The Morgan fingerprint density at radius 1 is 1.17 bits per heavy atom. The van der Waals surface area contributed by atoms with Crippen molar-refractivity contribution in [2.24, 2.45) is 0 Å². The van der Waals surface area contributed by atoms with E-state index in [1.54, 1.807) is 6.92 Å². The third kappa shape index (κ3) is 3.97. The number of hydrogen-bond acceptors (Lipinski definition) is 4. The Morgan fingerprint density at radius 3 is 2.48 bits per heavy atom. The summed E-state index contributed by atoms with van der Waals surface area (Å²) in [5.74, 6) is 1.86. The van der Waals surface area contributed by atoms with E-state index < -0.39 is 0 Å². The molecule has 0 unspecified atom stereocenters. The predicted molar refractivity (Wildman–Crippen MR) is 87.1 cm³/mol. The summed E-state index contributed by atoms with van der Waals surface area (Å²) in [5, 5.41) is 7.99. The van der Waals surface area contributed by atoms with Crippen LogP contribution in [0.25, 0.3) is 0 Å². The van der Waals surface area contributed by atoms with Crippen LogP contribution in [-0.4, -0.2) is 34.1 Å². The van der Waals surface area contributed by atoms with E-state index in [1.165, 1.54) is 11.1 Å². The van der Waals surface area contributed by atoms with Crippen LogP contribution in [0.4, 0.5) is 0 Å². The minimum absolute atomic E-state index is 0.241. The molecule has 1 aromatic heterocycles. The highest BCUT2D eigenvalue weighted by molar-refractivity contribution is 5.76. The van der Waals surface area contributed by atoms with Gasteiger partial charge >= 0.3 is 0 Å². The molecule has 1 aromatic carbocycles. The van der Waals surface area contributed by atoms with Gasteiger partial charge in [-0.2, -0.15) is 0 Å². The predicted octanol–water partition coefficient (Wildman–Crippen LogP) is 3.03. The Bertz CT molecular complexity index is 655. The molecular formula is C18H23N3O2. The van der Waals surface area contributed by atoms with Crippen LogP contribution in [0, 0.1) is 13.8 Å². The van der Waals surface area contributed by atoms with Gasteiger partial charge in [0.05, 0.1) is 0 Å². The van der Waals surface area contributed by atoms with E-state index in [9.17, 15) is 4.79 Å². The molecule has 2 heterocycles. The van der Waals surface area contributed by atoms with Crippen molar-refractivity contribution in [3.05, 3.63) is 47.2 Å². The van der Waals surface area contributed by atoms with Crippen LogP contribution >= 0.6 is 0 Å². The summed E-state index contributed by atoms with van der Waals surface area (Å²) < 4.78 is 5.51. The number of piperidine rings is 1. The number of carbonyl (C=O) groups is 1. The van der Waals surface area contributed by atoms with Gasteiger partial charge < -0.3 is 9.32 Å². The van der Waals surface area contributed by atoms with Gasteiger partial charge in [0.1, 0.15) is 0 Å². The molecule has 0 radical (unpaired) electrons. The van der Waals surface area contributed by atoms with Crippen molar-refractivity contribution >= 4 is 5.91 Å². The third-order valence-electron chi connectivity index (χ3n) is 4.49. The van der Waals surface area contributed by atoms with Crippen LogP contribution in [0.2, 0.25) is 0 Å². The molecule has 5 heteroatoms. The number of carbonyl (C=O) groups excluding carboxylic acids is 1. The second-order valence-electron chi connectivity index (χ2n) is 6.30. The molecule has 3 rings (SSSR count). The van der Waals surface area contributed by atoms with Gasteiger partial charge in [0, 0.05) is 32.4 Å². The average molecular weight is 313 g/mol. The van der Waals surface area contributed by atoms with Gasteiger partial charge in [-0.3, -0.25) is 4.79 Å². The zero-order chi connectivity index (χ0) is 16.2. The van der Waals surface area contributed by atoms with E-state index in [0.29, 0.717) is 18.2 Å². The molecule has 0 aliphatic carbocycles. The van der Waals surface area contributed by atoms with E-state index in [1.807, 2.05) is 4.90 Å². The normalized spacial score (nSPS) is 15.8. The number of nitrogens with zero attached hydrogens (tertiary/aromatic N) is 3. The maximum Gasteiger partial charge on any atom is 0.222 e. The quantitative estimate of drug-likeness (QED) is 0.870. The highest BCUT2D eigenvalue weighted by Gasteiger charge is 2.26. The van der Waals surface area contributed by atoms with Crippen molar-refractivity contribution < 1.29 is 9.21 Å². The fourth-order valence-corrected chi connectivity index (χ4v) is 3.02. The number of aryl methyl sites for hydroxylation is 3. The fraction of sp³-hybridized carbons (Fsp3) is 0.500. The largest absolute Gasteiger partial charge is 0.425 e. The highest BCUT2D eigenvalue weighted by atomic mass is 16.4. The van der Waals surface area contributed by atoms with E-state index in [-0.39, 0.29) is 11.8 Å². The minimum Gasteiger partial charge on any atom is -0.425 e. The summed E-state index contributed by atoms with van der Waals surface area (Å²) in [4.78, 5) is 14.3. The lowest BCUT2D eigenvalue weighted by molar-refractivity contribution is -0.132. The smallest absolute Gasteiger partial charge is 0.222 e. The maximum atomic E-state index is 12.4. The number of benzene rings is 1. The van der Waals surface area contributed by atoms with Gasteiger partial charge in [-0.25, -0.2) is 0 Å². The topological polar surface area (TPSA) is 59.2 Å². The van der Waals surface area contributed by atoms with Crippen molar-refractivity contribution in [3.8, 4) is 0 Å². The zero-order valence-electron chi connectivity index (χ0n) is 13.8. The molecule has 5 nitrogen and oxygen atoms in total. The Morgan fingerprint density at radius 2 is 1.87 bits per heavy atom. The first-order chi connectivity index (χ1) is 11.1. The van der Waals surface area contributed by atoms with E-state index in [4.69, 9.17) is 4.42 Å². The van der Waals surface area contributed by atoms with Gasteiger partial charge in [0.15, 0.2) is 0 Å². The number of rotatable bonds is 4. The lowest BCUT2D eigenvalue weighted by Crippen LogP contribution is -2.38. The summed E-state index contributed by atoms with van der Waals surface area (Å²) >= 11 is 0. The number of hydrogen-bond donors (Lipinski definition) is 0. The molecule has 2 aromatic rings. The Labute approximate surface area is 136 Å². The van der Waals surface area contributed by atoms with E-state index in [2.05, 4.69) is 41.4 Å². The Kier molecular flexibility index (Phi) is 4.74. The van der Waals surface area contributed by atoms with Gasteiger partial charge in [-0.05, 0) is 31.7 Å². The van der Waals surface area contributed by atoms with Crippen LogP contribution in [0.5, 0.6) is 0 Å². The summed E-state index contributed by atoms with van der Waals surface area (Å²) in [5.41, 5.74) is 2.47. The summed E-state index contributed by atoms with van der Waals surface area (Å²) in [7, 11) is 0. The first-order valence-corrected chi connectivity index (χ1v) is 8.25. The maximum absolute atomic E-state index is 12.4. The van der Waals surface area contributed by atoms with Crippen LogP contribution < -0.4 is 0 Å². The molecular weight excluding hydrogens is 290 g/mol. The second kappa shape index (κ2) is 6.94. The Hall–Kier alpha value is -2.17. The van der Waals surface area contributed by atoms with Crippen molar-refractivity contribution in [2.45, 2.75) is 45.4 Å². The molecule has 1 fully saturated rings. The molecule has 1 saturated heterocycles. The van der Waals surface area contributed by atoms with Gasteiger partial charge in [0.2, 0.25) is 17.7 Å². The molecule has 0 saturated carbocycles. The van der Waals surface area contributed by atoms with Gasteiger partial charge in [0.25, 0.3) is 0 Å². The van der Waals surface area contributed by atoms with Gasteiger partial charge in [-0.15, -0.1) is 10.2 Å². The Balaban J connectivity index is 1.47. The molecule has 23 heavy (non-hydrogen) atoms. The van der Waals surface area contributed by atoms with Crippen molar-refractivity contribution in [3.63, 3.8) is 0 Å². The standard InChI is InChI=1S/C18H23N3O2/c1-13-3-5-15(6-4-13)7-8-17(22)21-11-9-16(10-12-21)18-20-19-14(2)23-18/h3-6,16H,7-12H2,1-2H3. The first-order valence-electron chi connectivity index (χ1n) is 8.25. The summed E-state index contributed by atoms with van der Waals surface area (Å²) in [6.07, 6.45) is 3.19. The summed E-state index contributed by atoms with van der Waals surface area (Å²) in [6.45, 7) is 5.43. The minimum atomic E-state index is 0.241. The molecule has 0 N–H and O–H groups in total.